The molecule has 0 spiro atoms. The fourth-order valence-corrected chi connectivity index (χ4v) is 3.02. The molecule has 9 heteroatoms. The molecular formula is C15H15ClN2O5S. The maximum absolute atomic E-state index is 12.3. The van der Waals surface area contributed by atoms with Gasteiger partial charge in [0.1, 0.15) is 16.4 Å². The molecule has 0 aliphatic rings. The van der Waals surface area contributed by atoms with E-state index in [0.717, 1.165) is 6.07 Å². The van der Waals surface area contributed by atoms with E-state index in [-0.39, 0.29) is 15.5 Å². The van der Waals surface area contributed by atoms with Gasteiger partial charge in [0.15, 0.2) is 0 Å². The number of halogens is 1. The number of methoxy groups -OCH3 is 2. The van der Waals surface area contributed by atoms with Crippen LogP contribution in [-0.4, -0.2) is 28.5 Å². The van der Waals surface area contributed by atoms with Gasteiger partial charge in [0.2, 0.25) is 10.0 Å². The number of rotatable bonds is 5. The Morgan fingerprint density at radius 1 is 1.08 bits per heavy atom. The molecule has 0 aliphatic carbocycles. The van der Waals surface area contributed by atoms with Gasteiger partial charge in [0, 0.05) is 29.4 Å². The van der Waals surface area contributed by atoms with Crippen LogP contribution in [0.25, 0.3) is 0 Å². The molecule has 0 atom stereocenters. The molecule has 0 fully saturated rings. The summed E-state index contributed by atoms with van der Waals surface area (Å²) in [4.78, 5) is 12.0. The predicted molar refractivity (Wildman–Crippen MR) is 90.3 cm³/mol. The Balaban J connectivity index is 2.34. The summed E-state index contributed by atoms with van der Waals surface area (Å²) in [6.45, 7) is 0. The Kier molecular flexibility index (Phi) is 5.33. The van der Waals surface area contributed by atoms with Crippen LogP contribution in [0.15, 0.2) is 41.3 Å². The third-order valence-electron chi connectivity index (χ3n) is 3.11. The minimum absolute atomic E-state index is 0.0582. The molecule has 2 rings (SSSR count). The molecule has 2 aromatic rings. The number of nitrogens with one attached hydrogen (secondary N) is 1. The Morgan fingerprint density at radius 2 is 1.67 bits per heavy atom. The van der Waals surface area contributed by atoms with Crippen LogP contribution < -0.4 is 19.9 Å². The molecule has 24 heavy (non-hydrogen) atoms. The zero-order valence-electron chi connectivity index (χ0n) is 12.9. The van der Waals surface area contributed by atoms with Crippen molar-refractivity contribution in [2.45, 2.75) is 4.90 Å². The van der Waals surface area contributed by atoms with E-state index in [1.807, 2.05) is 0 Å². The highest BCUT2D eigenvalue weighted by molar-refractivity contribution is 7.89. The van der Waals surface area contributed by atoms with Gasteiger partial charge in [-0.05, 0) is 18.2 Å². The fourth-order valence-electron chi connectivity index (χ4n) is 1.95. The zero-order chi connectivity index (χ0) is 17.9. The highest BCUT2D eigenvalue weighted by Gasteiger charge is 2.17. The average Bonchev–Trinajstić information content (AvgIpc) is 2.53. The van der Waals surface area contributed by atoms with Crippen molar-refractivity contribution in [2.75, 3.05) is 19.5 Å². The number of nitrogens with two attached hydrogens (primary N) is 1. The summed E-state index contributed by atoms with van der Waals surface area (Å²) in [5, 5.41) is 7.65. The van der Waals surface area contributed by atoms with E-state index in [0.29, 0.717) is 17.2 Å². The lowest BCUT2D eigenvalue weighted by Crippen LogP contribution is -2.16. The average molecular weight is 371 g/mol. The van der Waals surface area contributed by atoms with Gasteiger partial charge in [-0.15, -0.1) is 0 Å². The van der Waals surface area contributed by atoms with E-state index >= 15 is 0 Å². The van der Waals surface area contributed by atoms with E-state index in [1.54, 1.807) is 18.2 Å². The first-order valence-corrected chi connectivity index (χ1v) is 8.54. The molecule has 2 aromatic carbocycles. The summed E-state index contributed by atoms with van der Waals surface area (Å²) in [6, 6.07) is 8.64. The van der Waals surface area contributed by atoms with Crippen molar-refractivity contribution in [3.05, 3.63) is 47.0 Å². The van der Waals surface area contributed by atoms with Crippen molar-refractivity contribution in [1.82, 2.24) is 0 Å². The van der Waals surface area contributed by atoms with Crippen LogP contribution in [0.5, 0.6) is 11.5 Å². The van der Waals surface area contributed by atoms with E-state index in [2.05, 4.69) is 5.32 Å². The van der Waals surface area contributed by atoms with Gasteiger partial charge >= 0.3 is 0 Å². The molecule has 128 valence electrons. The van der Waals surface area contributed by atoms with Crippen molar-refractivity contribution in [3.8, 4) is 11.5 Å². The zero-order valence-corrected chi connectivity index (χ0v) is 14.4. The van der Waals surface area contributed by atoms with E-state index in [1.165, 1.54) is 26.4 Å². The molecule has 0 bridgehead atoms. The second-order valence-corrected chi connectivity index (χ2v) is 6.68. The standard InChI is InChI=1S/C15H15ClN2O5S/c1-22-11-6-10(7-12(8-11)23-2)18-15(19)9-3-4-13(16)14(5-9)24(17,20)21/h3-8H,1-2H3,(H,18,19)(H2,17,20,21). The molecule has 0 saturated heterocycles. The lowest BCUT2D eigenvalue weighted by Gasteiger charge is -2.10. The van der Waals surface area contributed by atoms with Crippen molar-refractivity contribution in [3.63, 3.8) is 0 Å². The van der Waals surface area contributed by atoms with Crippen molar-refractivity contribution < 1.29 is 22.7 Å². The van der Waals surface area contributed by atoms with Gasteiger partial charge in [-0.1, -0.05) is 11.6 Å². The van der Waals surface area contributed by atoms with E-state index in [9.17, 15) is 13.2 Å². The van der Waals surface area contributed by atoms with Gasteiger partial charge < -0.3 is 14.8 Å². The van der Waals surface area contributed by atoms with Crippen LogP contribution in [0.4, 0.5) is 5.69 Å². The molecule has 7 nitrogen and oxygen atoms in total. The molecule has 3 N–H and O–H groups in total. The highest BCUT2D eigenvalue weighted by Crippen LogP contribution is 2.27. The first-order chi connectivity index (χ1) is 11.2. The van der Waals surface area contributed by atoms with Crippen LogP contribution in [-0.2, 0) is 10.0 Å². The van der Waals surface area contributed by atoms with Gasteiger partial charge in [-0.2, -0.15) is 0 Å². The highest BCUT2D eigenvalue weighted by atomic mass is 35.5. The van der Waals surface area contributed by atoms with Gasteiger partial charge in [-0.25, -0.2) is 13.6 Å². The van der Waals surface area contributed by atoms with Crippen LogP contribution in [0.3, 0.4) is 0 Å². The summed E-state index contributed by atoms with van der Waals surface area (Å²) in [7, 11) is -1.07. The smallest absolute Gasteiger partial charge is 0.255 e. The van der Waals surface area contributed by atoms with Crippen molar-refractivity contribution in [1.29, 1.82) is 0 Å². The molecule has 0 heterocycles. The fraction of sp³-hybridized carbons (Fsp3) is 0.133. The quantitative estimate of drug-likeness (QED) is 0.839. The number of ether oxygens (including phenoxy) is 2. The van der Waals surface area contributed by atoms with E-state index < -0.39 is 15.9 Å². The molecule has 0 aromatic heterocycles. The number of primary sulfonamides is 1. The summed E-state index contributed by atoms with van der Waals surface area (Å²) in [5.74, 6) is 0.448. The molecule has 1 amide bonds. The van der Waals surface area contributed by atoms with Crippen LogP contribution in [0.2, 0.25) is 5.02 Å². The van der Waals surface area contributed by atoms with E-state index in [4.69, 9.17) is 26.2 Å². The number of benzene rings is 2. The SMILES string of the molecule is COc1cc(NC(=O)c2ccc(Cl)c(S(N)(=O)=O)c2)cc(OC)c1. The van der Waals surface area contributed by atoms with Gasteiger partial charge in [0.05, 0.1) is 19.2 Å². The molecule has 0 unspecified atom stereocenters. The number of amides is 1. The number of sulfonamides is 1. The minimum Gasteiger partial charge on any atom is -0.497 e. The molecule has 0 saturated carbocycles. The summed E-state index contributed by atoms with van der Waals surface area (Å²) < 4.78 is 33.2. The predicted octanol–water partition coefficient (Wildman–Crippen LogP) is 2.26. The normalized spacial score (nSPS) is 11.0. The van der Waals surface area contributed by atoms with Crippen LogP contribution in [0.1, 0.15) is 10.4 Å². The second-order valence-electron chi connectivity index (χ2n) is 4.75. The number of carbonyl (C=O) groups excluding carboxylic acids is 1. The lowest BCUT2D eigenvalue weighted by molar-refractivity contribution is 0.102. The maximum Gasteiger partial charge on any atom is 0.255 e. The van der Waals surface area contributed by atoms with Gasteiger partial charge in [-0.3, -0.25) is 4.79 Å². The largest absolute Gasteiger partial charge is 0.497 e. The summed E-state index contributed by atoms with van der Waals surface area (Å²) in [6.07, 6.45) is 0. The number of carbonyl (C=O) groups is 1. The second kappa shape index (κ2) is 7.08. The minimum atomic E-state index is -4.04. The van der Waals surface area contributed by atoms with Crippen LogP contribution in [0, 0.1) is 0 Å². The first-order valence-electron chi connectivity index (χ1n) is 6.61. The third kappa shape index (κ3) is 4.16. The molecular weight excluding hydrogens is 356 g/mol. The number of hydrogen-bond acceptors (Lipinski definition) is 5. The van der Waals surface area contributed by atoms with Crippen molar-refractivity contribution in [2.24, 2.45) is 5.14 Å². The Bertz CT molecular complexity index is 861. The summed E-state index contributed by atoms with van der Waals surface area (Å²) >= 11 is 5.80. The van der Waals surface area contributed by atoms with Crippen LogP contribution >= 0.6 is 11.6 Å². The van der Waals surface area contributed by atoms with Crippen molar-refractivity contribution >= 4 is 33.2 Å². The number of hydrogen-bond donors (Lipinski definition) is 2. The third-order valence-corrected chi connectivity index (χ3v) is 4.50. The maximum atomic E-state index is 12.3. The lowest BCUT2D eigenvalue weighted by atomic mass is 10.2. The molecule has 0 radical (unpaired) electrons. The monoisotopic (exact) mass is 370 g/mol. The first kappa shape index (κ1) is 18.1. The topological polar surface area (TPSA) is 108 Å². The summed E-state index contributed by atoms with van der Waals surface area (Å²) in [5.41, 5.74) is 0.508. The Hall–Kier alpha value is -2.29. The Labute approximate surface area is 144 Å². The molecule has 0 aliphatic heterocycles. The Morgan fingerprint density at radius 3 is 2.17 bits per heavy atom. The van der Waals surface area contributed by atoms with Gasteiger partial charge in [0.25, 0.3) is 5.91 Å². The number of anilines is 1.